The first-order valence-corrected chi connectivity index (χ1v) is 6.69. The lowest BCUT2D eigenvalue weighted by Crippen LogP contribution is -2.38. The van der Waals surface area contributed by atoms with Crippen molar-refractivity contribution in [1.29, 1.82) is 0 Å². The van der Waals surface area contributed by atoms with Crippen LogP contribution in [0.25, 0.3) is 0 Å². The van der Waals surface area contributed by atoms with Crippen LogP contribution in [-0.2, 0) is 0 Å². The Morgan fingerprint density at radius 3 is 2.83 bits per heavy atom. The Kier molecular flexibility index (Phi) is 4.61. The Morgan fingerprint density at radius 2 is 2.17 bits per heavy atom. The van der Waals surface area contributed by atoms with E-state index in [1.54, 1.807) is 0 Å². The number of aliphatic hydroxyl groups excluding tert-OH is 1. The van der Waals surface area contributed by atoms with Crippen molar-refractivity contribution in [2.24, 2.45) is 5.92 Å². The van der Waals surface area contributed by atoms with Gasteiger partial charge in [-0.1, -0.05) is 12.1 Å². The van der Waals surface area contributed by atoms with Gasteiger partial charge in [0.1, 0.15) is 12.4 Å². The molecular weight excluding hydrogens is 226 g/mol. The van der Waals surface area contributed by atoms with Gasteiger partial charge in [0.15, 0.2) is 0 Å². The second kappa shape index (κ2) is 6.21. The Labute approximate surface area is 109 Å². The molecule has 0 saturated heterocycles. The zero-order valence-electron chi connectivity index (χ0n) is 11.3. The number of likely N-dealkylation sites (N-methyl/N-ethyl adjacent to an activating group) is 1. The van der Waals surface area contributed by atoms with Crippen molar-refractivity contribution in [3.63, 3.8) is 0 Å². The average Bonchev–Trinajstić information content (AvgIpc) is 2.27. The molecule has 1 aromatic carbocycles. The van der Waals surface area contributed by atoms with Crippen LogP contribution < -0.4 is 4.74 Å². The normalized spacial score (nSPS) is 22.9. The van der Waals surface area contributed by atoms with Crippen LogP contribution in [0.4, 0.5) is 0 Å². The molecule has 0 radical (unpaired) electrons. The molecule has 0 aliphatic heterocycles. The minimum Gasteiger partial charge on any atom is -0.492 e. The Bertz CT molecular complexity index is 375. The van der Waals surface area contributed by atoms with Gasteiger partial charge in [-0.25, -0.2) is 0 Å². The maximum Gasteiger partial charge on any atom is 0.119 e. The predicted octanol–water partition coefficient (Wildman–Crippen LogP) is 2.08. The molecule has 1 N–H and O–H groups in total. The van der Waals surface area contributed by atoms with Crippen molar-refractivity contribution >= 4 is 0 Å². The summed E-state index contributed by atoms with van der Waals surface area (Å²) in [6, 6.07) is 8.14. The number of hydrogen-bond donors (Lipinski definition) is 1. The van der Waals surface area contributed by atoms with E-state index in [1.807, 2.05) is 12.1 Å². The first-order chi connectivity index (χ1) is 8.63. The summed E-state index contributed by atoms with van der Waals surface area (Å²) in [4.78, 5) is 2.28. The summed E-state index contributed by atoms with van der Waals surface area (Å²) in [5.41, 5.74) is 1.23. The van der Waals surface area contributed by atoms with Gasteiger partial charge in [0, 0.05) is 13.1 Å². The fourth-order valence-electron chi connectivity index (χ4n) is 2.41. The lowest BCUT2D eigenvalue weighted by Gasteiger charge is -2.34. The molecule has 1 aliphatic carbocycles. The summed E-state index contributed by atoms with van der Waals surface area (Å²) in [7, 11) is 2.12. The highest BCUT2D eigenvalue weighted by atomic mass is 16.5. The van der Waals surface area contributed by atoms with Gasteiger partial charge in [-0.3, -0.25) is 0 Å². The molecule has 0 heterocycles. The Hall–Kier alpha value is -1.06. The number of aryl methyl sites for hydroxylation is 1. The number of aliphatic hydroxyl groups is 1. The van der Waals surface area contributed by atoms with Gasteiger partial charge in [-0.15, -0.1) is 0 Å². The van der Waals surface area contributed by atoms with Crippen molar-refractivity contribution in [1.82, 2.24) is 4.90 Å². The average molecular weight is 249 g/mol. The van der Waals surface area contributed by atoms with Crippen molar-refractivity contribution in [2.45, 2.75) is 25.9 Å². The third-order valence-electron chi connectivity index (χ3n) is 3.51. The molecule has 0 bridgehead atoms. The van der Waals surface area contributed by atoms with Crippen molar-refractivity contribution in [3.05, 3.63) is 29.8 Å². The fourth-order valence-corrected chi connectivity index (χ4v) is 2.41. The molecule has 1 fully saturated rings. The van der Waals surface area contributed by atoms with Crippen molar-refractivity contribution < 1.29 is 9.84 Å². The van der Waals surface area contributed by atoms with Crippen LogP contribution in [0.3, 0.4) is 0 Å². The highest BCUT2D eigenvalue weighted by molar-refractivity contribution is 5.27. The molecule has 3 nitrogen and oxygen atoms in total. The summed E-state index contributed by atoms with van der Waals surface area (Å²) >= 11 is 0. The molecule has 3 heteroatoms. The first-order valence-electron chi connectivity index (χ1n) is 6.69. The highest BCUT2D eigenvalue weighted by Crippen LogP contribution is 2.27. The van der Waals surface area contributed by atoms with E-state index in [1.165, 1.54) is 5.56 Å². The molecule has 1 aliphatic rings. The number of ether oxygens (including phenoxy) is 1. The zero-order valence-corrected chi connectivity index (χ0v) is 11.3. The standard InChI is InChI=1S/C15H23NO2/c1-12-4-3-5-15(8-12)18-7-6-16(2)11-13-9-14(17)10-13/h3-5,8,13-14,17H,6-7,9-11H2,1-2H3. The van der Waals surface area contributed by atoms with Gasteiger partial charge >= 0.3 is 0 Å². The summed E-state index contributed by atoms with van der Waals surface area (Å²) in [5.74, 6) is 1.62. The zero-order chi connectivity index (χ0) is 13.0. The number of nitrogens with zero attached hydrogens (tertiary/aromatic N) is 1. The topological polar surface area (TPSA) is 32.7 Å². The smallest absolute Gasteiger partial charge is 0.119 e. The van der Waals surface area contributed by atoms with Gasteiger partial charge < -0.3 is 14.7 Å². The SMILES string of the molecule is Cc1cccc(OCCN(C)CC2CC(O)C2)c1. The van der Waals surface area contributed by atoms with E-state index in [0.717, 1.165) is 38.3 Å². The summed E-state index contributed by atoms with van der Waals surface area (Å²) in [5, 5.41) is 9.24. The van der Waals surface area contributed by atoms with Crippen LogP contribution in [0.5, 0.6) is 5.75 Å². The maximum absolute atomic E-state index is 9.24. The summed E-state index contributed by atoms with van der Waals surface area (Å²) in [6.07, 6.45) is 1.87. The Morgan fingerprint density at radius 1 is 1.39 bits per heavy atom. The van der Waals surface area contributed by atoms with Gasteiger partial charge in [-0.05, 0) is 50.4 Å². The lowest BCUT2D eigenvalue weighted by atomic mass is 9.82. The molecule has 18 heavy (non-hydrogen) atoms. The summed E-state index contributed by atoms with van der Waals surface area (Å²) in [6.45, 7) is 4.78. The maximum atomic E-state index is 9.24. The Balaban J connectivity index is 1.62. The predicted molar refractivity (Wildman–Crippen MR) is 72.9 cm³/mol. The molecule has 0 atom stereocenters. The number of benzene rings is 1. The third kappa shape index (κ3) is 4.00. The molecular formula is C15H23NO2. The quantitative estimate of drug-likeness (QED) is 0.838. The van der Waals surface area contributed by atoms with Crippen LogP contribution in [0, 0.1) is 12.8 Å². The molecule has 0 amide bonds. The largest absolute Gasteiger partial charge is 0.492 e. The minimum atomic E-state index is -0.0491. The van der Waals surface area contributed by atoms with E-state index < -0.39 is 0 Å². The van der Waals surface area contributed by atoms with Crippen molar-refractivity contribution in [2.75, 3.05) is 26.7 Å². The van der Waals surface area contributed by atoms with Crippen LogP contribution >= 0.6 is 0 Å². The molecule has 0 aromatic heterocycles. The number of rotatable bonds is 6. The molecule has 2 rings (SSSR count). The minimum absolute atomic E-state index is 0.0491. The van der Waals surface area contributed by atoms with E-state index in [4.69, 9.17) is 4.74 Å². The molecule has 1 aromatic rings. The van der Waals surface area contributed by atoms with Gasteiger partial charge in [0.05, 0.1) is 6.10 Å². The second-order valence-corrected chi connectivity index (χ2v) is 5.42. The molecule has 1 saturated carbocycles. The highest BCUT2D eigenvalue weighted by Gasteiger charge is 2.27. The van der Waals surface area contributed by atoms with Gasteiger partial charge in [0.25, 0.3) is 0 Å². The first kappa shape index (κ1) is 13.4. The van der Waals surface area contributed by atoms with Crippen LogP contribution in [0.15, 0.2) is 24.3 Å². The molecule has 0 unspecified atom stereocenters. The van der Waals surface area contributed by atoms with E-state index in [0.29, 0.717) is 5.92 Å². The summed E-state index contributed by atoms with van der Waals surface area (Å²) < 4.78 is 5.72. The fraction of sp³-hybridized carbons (Fsp3) is 0.600. The van der Waals surface area contributed by atoms with Crippen LogP contribution in [0.2, 0.25) is 0 Å². The molecule has 0 spiro atoms. The van der Waals surface area contributed by atoms with E-state index in [2.05, 4.69) is 31.0 Å². The van der Waals surface area contributed by atoms with Crippen LogP contribution in [-0.4, -0.2) is 42.9 Å². The van der Waals surface area contributed by atoms with Crippen LogP contribution in [0.1, 0.15) is 18.4 Å². The lowest BCUT2D eigenvalue weighted by molar-refractivity contribution is 0.0269. The van der Waals surface area contributed by atoms with Crippen molar-refractivity contribution in [3.8, 4) is 5.75 Å². The second-order valence-electron chi connectivity index (χ2n) is 5.42. The van der Waals surface area contributed by atoms with Gasteiger partial charge in [0.2, 0.25) is 0 Å². The molecule has 100 valence electrons. The van der Waals surface area contributed by atoms with E-state index >= 15 is 0 Å². The van der Waals surface area contributed by atoms with E-state index in [-0.39, 0.29) is 6.10 Å². The van der Waals surface area contributed by atoms with E-state index in [9.17, 15) is 5.11 Å². The monoisotopic (exact) mass is 249 g/mol. The van der Waals surface area contributed by atoms with Gasteiger partial charge in [-0.2, -0.15) is 0 Å². The number of hydrogen-bond acceptors (Lipinski definition) is 3. The third-order valence-corrected chi connectivity index (χ3v) is 3.51.